The van der Waals surface area contributed by atoms with Crippen molar-refractivity contribution in [3.63, 3.8) is 0 Å². The number of hydrogen-bond donors (Lipinski definition) is 1. The van der Waals surface area contributed by atoms with Gasteiger partial charge < -0.3 is 19.5 Å². The first-order valence-electron chi connectivity index (χ1n) is 6.66. The summed E-state index contributed by atoms with van der Waals surface area (Å²) in [6, 6.07) is 4.93. The van der Waals surface area contributed by atoms with E-state index < -0.39 is 6.61 Å². The molecule has 0 aliphatic heterocycles. The van der Waals surface area contributed by atoms with Crippen LogP contribution in [0.4, 0.5) is 8.78 Å². The molecule has 0 aliphatic rings. The first kappa shape index (κ1) is 16.7. The van der Waals surface area contributed by atoms with Gasteiger partial charge in [0.25, 0.3) is 0 Å². The minimum atomic E-state index is -2.86. The van der Waals surface area contributed by atoms with Gasteiger partial charge in [-0.3, -0.25) is 0 Å². The van der Waals surface area contributed by atoms with E-state index in [1.165, 1.54) is 6.07 Å². The highest BCUT2D eigenvalue weighted by Crippen LogP contribution is 2.29. The summed E-state index contributed by atoms with van der Waals surface area (Å²) in [5.41, 5.74) is 0.937. The van der Waals surface area contributed by atoms with Gasteiger partial charge in [0, 0.05) is 19.7 Å². The molecule has 0 saturated carbocycles. The third-order valence-electron chi connectivity index (χ3n) is 2.48. The van der Waals surface area contributed by atoms with E-state index in [-0.39, 0.29) is 5.75 Å². The van der Waals surface area contributed by atoms with Gasteiger partial charge in [0.1, 0.15) is 0 Å². The van der Waals surface area contributed by atoms with Crippen molar-refractivity contribution in [2.24, 2.45) is 0 Å². The van der Waals surface area contributed by atoms with Crippen LogP contribution in [0.15, 0.2) is 18.2 Å². The minimum Gasteiger partial charge on any atom is -0.490 e. The molecule has 20 heavy (non-hydrogen) atoms. The molecule has 0 atom stereocenters. The zero-order valence-corrected chi connectivity index (χ0v) is 11.8. The Morgan fingerprint density at radius 2 is 1.95 bits per heavy atom. The van der Waals surface area contributed by atoms with Crippen molar-refractivity contribution in [3.05, 3.63) is 23.8 Å². The van der Waals surface area contributed by atoms with Crippen LogP contribution in [0.5, 0.6) is 11.5 Å². The summed E-state index contributed by atoms with van der Waals surface area (Å²) in [5, 5.41) is 3.20. The smallest absolute Gasteiger partial charge is 0.387 e. The molecule has 0 aromatic heterocycles. The lowest BCUT2D eigenvalue weighted by molar-refractivity contribution is -0.0514. The minimum absolute atomic E-state index is 0.0555. The Kier molecular flexibility index (Phi) is 7.91. The average molecular weight is 289 g/mol. The summed E-state index contributed by atoms with van der Waals surface area (Å²) in [6.45, 7) is 3.94. The Balaban J connectivity index is 2.57. The molecular weight excluding hydrogens is 268 g/mol. The molecule has 114 valence electrons. The van der Waals surface area contributed by atoms with Crippen molar-refractivity contribution >= 4 is 0 Å². The van der Waals surface area contributed by atoms with Gasteiger partial charge in [0.05, 0.1) is 13.2 Å². The van der Waals surface area contributed by atoms with Gasteiger partial charge in [-0.15, -0.1) is 0 Å². The van der Waals surface area contributed by atoms with E-state index in [0.29, 0.717) is 32.1 Å². The quantitative estimate of drug-likeness (QED) is 0.672. The molecule has 1 aromatic carbocycles. The number of rotatable bonds is 10. The summed E-state index contributed by atoms with van der Waals surface area (Å²) >= 11 is 0. The second-order valence-electron chi connectivity index (χ2n) is 3.97. The van der Waals surface area contributed by atoms with E-state index in [4.69, 9.17) is 9.47 Å². The van der Waals surface area contributed by atoms with Gasteiger partial charge in [-0.1, -0.05) is 6.07 Å². The molecule has 1 rings (SSSR count). The van der Waals surface area contributed by atoms with E-state index in [9.17, 15) is 8.78 Å². The fraction of sp³-hybridized carbons (Fsp3) is 0.571. The Labute approximate surface area is 118 Å². The molecule has 0 unspecified atom stereocenters. The number of alkyl halides is 2. The van der Waals surface area contributed by atoms with Crippen molar-refractivity contribution in [2.75, 3.05) is 26.4 Å². The Bertz CT molecular complexity index is 389. The summed E-state index contributed by atoms with van der Waals surface area (Å²) in [5.74, 6) is 0.386. The van der Waals surface area contributed by atoms with E-state index in [1.807, 2.05) is 6.92 Å². The number of ether oxygens (including phenoxy) is 3. The van der Waals surface area contributed by atoms with Crippen LogP contribution in [0.25, 0.3) is 0 Å². The van der Waals surface area contributed by atoms with E-state index in [1.54, 1.807) is 19.1 Å². The van der Waals surface area contributed by atoms with Crippen LogP contribution in [-0.4, -0.2) is 33.0 Å². The zero-order valence-electron chi connectivity index (χ0n) is 11.8. The molecule has 4 nitrogen and oxygen atoms in total. The Morgan fingerprint density at radius 1 is 1.15 bits per heavy atom. The first-order chi connectivity index (χ1) is 9.67. The monoisotopic (exact) mass is 289 g/mol. The van der Waals surface area contributed by atoms with Gasteiger partial charge in [-0.25, -0.2) is 0 Å². The molecular formula is C14H21F2NO3. The van der Waals surface area contributed by atoms with Gasteiger partial charge in [-0.2, -0.15) is 8.78 Å². The van der Waals surface area contributed by atoms with Gasteiger partial charge >= 0.3 is 6.61 Å². The van der Waals surface area contributed by atoms with Crippen LogP contribution in [-0.2, 0) is 11.3 Å². The number of halogens is 2. The van der Waals surface area contributed by atoms with Crippen molar-refractivity contribution in [3.8, 4) is 11.5 Å². The highest BCUT2D eigenvalue weighted by molar-refractivity contribution is 5.43. The van der Waals surface area contributed by atoms with Gasteiger partial charge in [0.15, 0.2) is 11.5 Å². The van der Waals surface area contributed by atoms with Gasteiger partial charge in [0.2, 0.25) is 0 Å². The highest BCUT2D eigenvalue weighted by Gasteiger charge is 2.11. The van der Waals surface area contributed by atoms with Crippen LogP contribution < -0.4 is 14.8 Å². The molecule has 0 amide bonds. The largest absolute Gasteiger partial charge is 0.490 e. The van der Waals surface area contributed by atoms with Crippen molar-refractivity contribution in [2.45, 2.75) is 27.0 Å². The molecule has 0 aliphatic carbocycles. The third kappa shape index (κ3) is 6.16. The SMILES string of the molecule is CCOCCNCc1ccc(OC(F)F)c(OCC)c1. The Hall–Kier alpha value is -1.40. The van der Waals surface area contributed by atoms with E-state index >= 15 is 0 Å². The fourth-order valence-corrected chi connectivity index (χ4v) is 1.65. The maximum Gasteiger partial charge on any atom is 0.387 e. The maximum atomic E-state index is 12.3. The molecule has 1 N–H and O–H groups in total. The summed E-state index contributed by atoms with van der Waals surface area (Å²) in [4.78, 5) is 0. The molecule has 0 saturated heterocycles. The molecule has 0 fully saturated rings. The van der Waals surface area contributed by atoms with E-state index in [2.05, 4.69) is 10.1 Å². The fourth-order valence-electron chi connectivity index (χ4n) is 1.65. The number of hydrogen-bond acceptors (Lipinski definition) is 4. The number of nitrogens with one attached hydrogen (secondary N) is 1. The molecule has 0 spiro atoms. The molecule has 0 radical (unpaired) electrons. The molecule has 6 heteroatoms. The lowest BCUT2D eigenvalue weighted by Gasteiger charge is -2.13. The summed E-state index contributed by atoms with van der Waals surface area (Å²) in [7, 11) is 0. The second-order valence-corrected chi connectivity index (χ2v) is 3.97. The lowest BCUT2D eigenvalue weighted by atomic mass is 10.2. The van der Waals surface area contributed by atoms with E-state index in [0.717, 1.165) is 12.1 Å². The number of benzene rings is 1. The molecule has 1 aromatic rings. The first-order valence-corrected chi connectivity index (χ1v) is 6.66. The maximum absolute atomic E-state index is 12.3. The second kappa shape index (κ2) is 9.50. The predicted octanol–water partition coefficient (Wildman–Crippen LogP) is 2.81. The van der Waals surface area contributed by atoms with Crippen molar-refractivity contribution in [1.82, 2.24) is 5.32 Å². The van der Waals surface area contributed by atoms with Gasteiger partial charge in [-0.05, 0) is 31.5 Å². The van der Waals surface area contributed by atoms with Crippen molar-refractivity contribution < 1.29 is 23.0 Å². The predicted molar refractivity (Wildman–Crippen MR) is 72.4 cm³/mol. The Morgan fingerprint density at radius 3 is 2.60 bits per heavy atom. The van der Waals surface area contributed by atoms with Crippen LogP contribution >= 0.6 is 0 Å². The van der Waals surface area contributed by atoms with Crippen LogP contribution in [0.1, 0.15) is 19.4 Å². The van der Waals surface area contributed by atoms with Crippen LogP contribution in [0.3, 0.4) is 0 Å². The highest BCUT2D eigenvalue weighted by atomic mass is 19.3. The lowest BCUT2D eigenvalue weighted by Crippen LogP contribution is -2.19. The summed E-state index contributed by atoms with van der Waals surface area (Å²) in [6.07, 6.45) is 0. The normalized spacial score (nSPS) is 10.8. The van der Waals surface area contributed by atoms with Crippen LogP contribution in [0, 0.1) is 0 Å². The van der Waals surface area contributed by atoms with Crippen molar-refractivity contribution in [1.29, 1.82) is 0 Å². The third-order valence-corrected chi connectivity index (χ3v) is 2.48. The summed E-state index contributed by atoms with van der Waals surface area (Å²) < 4.78 is 39.4. The topological polar surface area (TPSA) is 39.7 Å². The average Bonchev–Trinajstić information content (AvgIpc) is 2.41. The van der Waals surface area contributed by atoms with Crippen LogP contribution in [0.2, 0.25) is 0 Å². The standard InChI is InChI=1S/C14H21F2NO3/c1-3-18-8-7-17-10-11-5-6-12(20-14(15)16)13(9-11)19-4-2/h5-6,9,14,17H,3-4,7-8,10H2,1-2H3. The molecule has 0 bridgehead atoms. The molecule has 0 heterocycles. The zero-order chi connectivity index (χ0) is 14.8.